The number of carbonyl (C=O) groups is 3. The molecule has 0 N–H and O–H groups in total. The number of esters is 1. The van der Waals surface area contributed by atoms with Gasteiger partial charge in [-0.3, -0.25) is 14.5 Å². The minimum absolute atomic E-state index is 0.0777. The molecule has 3 amide bonds. The number of urea groups is 1. The lowest BCUT2D eigenvalue weighted by atomic mass is 9.87. The van der Waals surface area contributed by atoms with Crippen LogP contribution in [0.5, 0.6) is 0 Å². The number of nitrogens with zero attached hydrogens (tertiary/aromatic N) is 2. The van der Waals surface area contributed by atoms with Gasteiger partial charge in [-0.1, -0.05) is 19.1 Å². The Labute approximate surface area is 137 Å². The number of carbonyl (C=O) groups excluding carboxylic acids is 3. The van der Waals surface area contributed by atoms with E-state index in [2.05, 4.69) is 13.2 Å². The quantitative estimate of drug-likeness (QED) is 0.352. The Morgan fingerprint density at radius 2 is 1.96 bits per heavy atom. The molecule has 1 heterocycles. The van der Waals surface area contributed by atoms with Crippen LogP contribution in [0.3, 0.4) is 0 Å². The second-order valence-corrected chi connectivity index (χ2v) is 5.47. The maximum Gasteiger partial charge on any atom is 0.327 e. The first-order valence-electron chi connectivity index (χ1n) is 7.99. The number of amides is 3. The van der Waals surface area contributed by atoms with Crippen LogP contribution in [-0.2, 0) is 14.3 Å². The Balaban J connectivity index is 3.13. The predicted octanol–water partition coefficient (Wildman–Crippen LogP) is 2.50. The van der Waals surface area contributed by atoms with Gasteiger partial charge in [0.1, 0.15) is 5.54 Å². The second-order valence-electron chi connectivity index (χ2n) is 5.47. The molecule has 1 aliphatic heterocycles. The standard InChI is InChI=1S/C17H26N2O4/c1-5-10-17(11-9-14(20)23-8-4)15(21)18(12-6-2)16(22)19(17)13-7-3/h5,7H,1,3,6,8-13H2,2,4H3. The van der Waals surface area contributed by atoms with E-state index in [1.807, 2.05) is 6.92 Å². The summed E-state index contributed by atoms with van der Waals surface area (Å²) in [4.78, 5) is 40.0. The summed E-state index contributed by atoms with van der Waals surface area (Å²) in [7, 11) is 0. The van der Waals surface area contributed by atoms with E-state index in [1.165, 1.54) is 9.80 Å². The number of imide groups is 1. The summed E-state index contributed by atoms with van der Waals surface area (Å²) in [5.41, 5.74) is -1.07. The minimum atomic E-state index is -1.07. The minimum Gasteiger partial charge on any atom is -0.466 e. The van der Waals surface area contributed by atoms with Gasteiger partial charge in [-0.2, -0.15) is 0 Å². The largest absolute Gasteiger partial charge is 0.466 e. The number of hydrogen-bond acceptors (Lipinski definition) is 4. The molecule has 0 aromatic carbocycles. The van der Waals surface area contributed by atoms with Crippen molar-refractivity contribution in [1.29, 1.82) is 0 Å². The van der Waals surface area contributed by atoms with Crippen molar-refractivity contribution in [2.75, 3.05) is 19.7 Å². The highest BCUT2D eigenvalue weighted by Crippen LogP contribution is 2.36. The summed E-state index contributed by atoms with van der Waals surface area (Å²) >= 11 is 0. The van der Waals surface area contributed by atoms with Crippen molar-refractivity contribution >= 4 is 17.9 Å². The van der Waals surface area contributed by atoms with Crippen LogP contribution in [0.4, 0.5) is 4.79 Å². The smallest absolute Gasteiger partial charge is 0.327 e. The van der Waals surface area contributed by atoms with Crippen LogP contribution < -0.4 is 0 Å². The van der Waals surface area contributed by atoms with Crippen molar-refractivity contribution < 1.29 is 19.1 Å². The van der Waals surface area contributed by atoms with E-state index in [4.69, 9.17) is 4.74 Å². The normalized spacial score (nSPS) is 20.8. The van der Waals surface area contributed by atoms with Gasteiger partial charge >= 0.3 is 12.0 Å². The maximum absolute atomic E-state index is 12.9. The number of ether oxygens (including phenoxy) is 1. The average Bonchev–Trinajstić information content (AvgIpc) is 2.70. The van der Waals surface area contributed by atoms with Crippen LogP contribution in [0.2, 0.25) is 0 Å². The molecule has 0 aromatic heterocycles. The van der Waals surface area contributed by atoms with Crippen LogP contribution in [0, 0.1) is 0 Å². The van der Waals surface area contributed by atoms with E-state index in [0.29, 0.717) is 26.0 Å². The molecule has 0 aliphatic carbocycles. The van der Waals surface area contributed by atoms with Crippen LogP contribution in [0.15, 0.2) is 25.3 Å². The van der Waals surface area contributed by atoms with E-state index in [-0.39, 0.29) is 37.3 Å². The molecule has 1 atom stereocenters. The lowest BCUT2D eigenvalue weighted by Crippen LogP contribution is -2.50. The van der Waals surface area contributed by atoms with Crippen molar-refractivity contribution in [3.8, 4) is 0 Å². The predicted molar refractivity (Wildman–Crippen MR) is 87.7 cm³/mol. The van der Waals surface area contributed by atoms with E-state index in [9.17, 15) is 14.4 Å². The fraction of sp³-hybridized carbons (Fsp3) is 0.588. The monoisotopic (exact) mass is 322 g/mol. The fourth-order valence-corrected chi connectivity index (χ4v) is 2.91. The van der Waals surface area contributed by atoms with Crippen LogP contribution >= 0.6 is 0 Å². The molecule has 1 fully saturated rings. The highest BCUT2D eigenvalue weighted by molar-refractivity contribution is 6.07. The van der Waals surface area contributed by atoms with Crippen LogP contribution in [0.25, 0.3) is 0 Å². The van der Waals surface area contributed by atoms with Gasteiger partial charge in [0.25, 0.3) is 5.91 Å². The first-order chi connectivity index (χ1) is 11.0. The molecular formula is C17H26N2O4. The van der Waals surface area contributed by atoms with Gasteiger partial charge in [0.15, 0.2) is 0 Å². The van der Waals surface area contributed by atoms with Crippen molar-refractivity contribution in [2.45, 2.75) is 45.1 Å². The molecule has 6 nitrogen and oxygen atoms in total. The van der Waals surface area contributed by atoms with Crippen LogP contribution in [-0.4, -0.2) is 52.9 Å². The molecule has 23 heavy (non-hydrogen) atoms. The SMILES string of the molecule is C=CCN1C(=O)N(CCC)C(=O)C1(CC=C)CCC(=O)OCC. The van der Waals surface area contributed by atoms with E-state index in [0.717, 1.165) is 0 Å². The van der Waals surface area contributed by atoms with Crippen molar-refractivity contribution in [1.82, 2.24) is 9.80 Å². The molecule has 1 rings (SSSR count). The Hall–Kier alpha value is -2.11. The molecule has 1 aliphatic rings. The summed E-state index contributed by atoms with van der Waals surface area (Å²) in [6, 6.07) is -0.331. The zero-order chi connectivity index (χ0) is 17.5. The van der Waals surface area contributed by atoms with E-state index in [1.54, 1.807) is 19.1 Å². The number of hydrogen-bond donors (Lipinski definition) is 0. The zero-order valence-corrected chi connectivity index (χ0v) is 14.0. The zero-order valence-electron chi connectivity index (χ0n) is 14.0. The summed E-state index contributed by atoms with van der Waals surface area (Å²) in [5, 5.41) is 0. The topological polar surface area (TPSA) is 66.9 Å². The first kappa shape index (κ1) is 18.9. The molecule has 0 bridgehead atoms. The van der Waals surface area contributed by atoms with Gasteiger partial charge in [0.2, 0.25) is 0 Å². The molecule has 0 saturated carbocycles. The number of rotatable bonds is 10. The van der Waals surface area contributed by atoms with Gasteiger partial charge in [0, 0.05) is 19.5 Å². The molecule has 6 heteroatoms. The van der Waals surface area contributed by atoms with Gasteiger partial charge in [-0.25, -0.2) is 4.79 Å². The Morgan fingerprint density at radius 3 is 2.48 bits per heavy atom. The lowest BCUT2D eigenvalue weighted by Gasteiger charge is -2.33. The van der Waals surface area contributed by atoms with Crippen molar-refractivity contribution in [3.05, 3.63) is 25.3 Å². The molecule has 1 unspecified atom stereocenters. The van der Waals surface area contributed by atoms with Gasteiger partial charge in [0.05, 0.1) is 6.61 Å². The van der Waals surface area contributed by atoms with Gasteiger partial charge in [-0.05, 0) is 26.2 Å². The summed E-state index contributed by atoms with van der Waals surface area (Å²) < 4.78 is 4.94. The second kappa shape index (κ2) is 8.50. The van der Waals surface area contributed by atoms with E-state index >= 15 is 0 Å². The third-order valence-electron chi connectivity index (χ3n) is 3.91. The molecular weight excluding hydrogens is 296 g/mol. The Morgan fingerprint density at radius 1 is 1.26 bits per heavy atom. The highest BCUT2D eigenvalue weighted by Gasteiger charge is 2.55. The summed E-state index contributed by atoms with van der Waals surface area (Å²) in [6.07, 6.45) is 4.47. The summed E-state index contributed by atoms with van der Waals surface area (Å²) in [6.45, 7) is 11.9. The Kier molecular flexibility index (Phi) is 7.00. The summed E-state index contributed by atoms with van der Waals surface area (Å²) in [5.74, 6) is -0.640. The maximum atomic E-state index is 12.9. The van der Waals surface area contributed by atoms with Crippen LogP contribution in [0.1, 0.15) is 39.5 Å². The first-order valence-corrected chi connectivity index (χ1v) is 7.99. The highest BCUT2D eigenvalue weighted by atomic mass is 16.5. The van der Waals surface area contributed by atoms with E-state index < -0.39 is 5.54 Å². The molecule has 0 spiro atoms. The van der Waals surface area contributed by atoms with Gasteiger partial charge in [-0.15, -0.1) is 13.2 Å². The lowest BCUT2D eigenvalue weighted by molar-refractivity contribution is -0.144. The molecule has 0 radical (unpaired) electrons. The fourth-order valence-electron chi connectivity index (χ4n) is 2.91. The molecule has 1 saturated heterocycles. The van der Waals surface area contributed by atoms with Gasteiger partial charge < -0.3 is 9.64 Å². The van der Waals surface area contributed by atoms with Crippen molar-refractivity contribution in [3.63, 3.8) is 0 Å². The molecule has 0 aromatic rings. The molecule has 128 valence electrons. The Bertz CT molecular complexity index is 489. The third-order valence-corrected chi connectivity index (χ3v) is 3.91. The third kappa shape index (κ3) is 3.81. The average molecular weight is 322 g/mol. The van der Waals surface area contributed by atoms with Crippen molar-refractivity contribution in [2.24, 2.45) is 0 Å².